The molecule has 2 rings (SSSR count). The summed E-state index contributed by atoms with van der Waals surface area (Å²) < 4.78 is 11.1. The minimum atomic E-state index is 0.352. The number of nitrogens with zero attached hydrogens (tertiary/aromatic N) is 1. The topological polar surface area (TPSA) is 47.7 Å². The number of hydrogen-bond donors (Lipinski definition) is 1. The number of likely N-dealkylation sites (tertiary alicyclic amines) is 1. The summed E-state index contributed by atoms with van der Waals surface area (Å²) in [7, 11) is 1.79. The Hall–Kier alpha value is -0.160. The Morgan fingerprint density at radius 3 is 2.93 bits per heavy atom. The van der Waals surface area contributed by atoms with E-state index in [4.69, 9.17) is 15.2 Å². The molecule has 0 bridgehead atoms. The molecule has 0 radical (unpaired) electrons. The van der Waals surface area contributed by atoms with Gasteiger partial charge in [0, 0.05) is 39.4 Å². The van der Waals surface area contributed by atoms with Gasteiger partial charge in [0.05, 0.1) is 12.2 Å². The molecule has 0 aromatic heterocycles. The number of hydrogen-bond acceptors (Lipinski definition) is 4. The SMILES string of the molecule is COC1CCN(C(CN)C2CCCO2)C1. The summed E-state index contributed by atoms with van der Waals surface area (Å²) in [6.07, 6.45) is 4.21. The molecule has 4 heteroatoms. The van der Waals surface area contributed by atoms with Crippen LogP contribution in [-0.4, -0.2) is 56.5 Å². The summed E-state index contributed by atoms with van der Waals surface area (Å²) in [6.45, 7) is 3.71. The Morgan fingerprint density at radius 2 is 2.40 bits per heavy atom. The minimum absolute atomic E-state index is 0.352. The third kappa shape index (κ3) is 2.50. The van der Waals surface area contributed by atoms with Crippen molar-refractivity contribution in [2.75, 3.05) is 33.4 Å². The van der Waals surface area contributed by atoms with E-state index in [9.17, 15) is 0 Å². The van der Waals surface area contributed by atoms with Crippen LogP contribution in [0.4, 0.5) is 0 Å². The van der Waals surface area contributed by atoms with Gasteiger partial charge in [0.2, 0.25) is 0 Å². The third-order valence-electron chi connectivity index (χ3n) is 3.61. The first-order valence-corrected chi connectivity index (χ1v) is 5.93. The zero-order chi connectivity index (χ0) is 10.7. The van der Waals surface area contributed by atoms with E-state index < -0.39 is 0 Å². The van der Waals surface area contributed by atoms with E-state index >= 15 is 0 Å². The van der Waals surface area contributed by atoms with Crippen molar-refractivity contribution >= 4 is 0 Å². The standard InChI is InChI=1S/C11H22N2O2/c1-14-9-4-5-13(8-9)10(7-12)11-3-2-6-15-11/h9-11H,2-8,12H2,1H3. The molecule has 0 amide bonds. The van der Waals surface area contributed by atoms with E-state index in [0.29, 0.717) is 24.8 Å². The second-order valence-corrected chi connectivity index (χ2v) is 4.50. The predicted octanol–water partition coefficient (Wildman–Crippen LogP) is 0.213. The molecule has 0 aromatic carbocycles. The second kappa shape index (κ2) is 5.25. The van der Waals surface area contributed by atoms with Crippen LogP contribution in [0.3, 0.4) is 0 Å². The lowest BCUT2D eigenvalue weighted by atomic mass is 10.1. The highest BCUT2D eigenvalue weighted by atomic mass is 16.5. The van der Waals surface area contributed by atoms with E-state index in [-0.39, 0.29) is 0 Å². The van der Waals surface area contributed by atoms with Crippen molar-refractivity contribution in [3.8, 4) is 0 Å². The van der Waals surface area contributed by atoms with E-state index in [2.05, 4.69) is 4.90 Å². The van der Waals surface area contributed by atoms with Gasteiger partial charge in [-0.1, -0.05) is 0 Å². The maximum Gasteiger partial charge on any atom is 0.0743 e. The monoisotopic (exact) mass is 214 g/mol. The normalized spacial score (nSPS) is 34.8. The lowest BCUT2D eigenvalue weighted by Gasteiger charge is -2.30. The van der Waals surface area contributed by atoms with Crippen LogP contribution in [0.2, 0.25) is 0 Å². The Labute approximate surface area is 91.7 Å². The first-order valence-electron chi connectivity index (χ1n) is 5.93. The lowest BCUT2D eigenvalue weighted by Crippen LogP contribution is -2.47. The van der Waals surface area contributed by atoms with Crippen molar-refractivity contribution in [1.82, 2.24) is 4.90 Å². The molecule has 3 unspecified atom stereocenters. The molecule has 15 heavy (non-hydrogen) atoms. The predicted molar refractivity (Wildman–Crippen MR) is 58.8 cm³/mol. The van der Waals surface area contributed by atoms with Crippen molar-refractivity contribution in [1.29, 1.82) is 0 Å². The largest absolute Gasteiger partial charge is 0.380 e. The summed E-state index contributed by atoms with van der Waals surface area (Å²) in [6, 6.07) is 0.396. The number of nitrogens with two attached hydrogens (primary N) is 1. The first-order chi connectivity index (χ1) is 7.35. The van der Waals surface area contributed by atoms with E-state index in [1.807, 2.05) is 0 Å². The summed E-state index contributed by atoms with van der Waals surface area (Å²) in [5.41, 5.74) is 5.86. The number of ether oxygens (including phenoxy) is 2. The Balaban J connectivity index is 1.89. The maximum atomic E-state index is 5.86. The summed E-state index contributed by atoms with van der Waals surface area (Å²) >= 11 is 0. The molecule has 0 saturated carbocycles. The van der Waals surface area contributed by atoms with Gasteiger partial charge in [0.25, 0.3) is 0 Å². The van der Waals surface area contributed by atoms with Crippen molar-refractivity contribution in [3.63, 3.8) is 0 Å². The van der Waals surface area contributed by atoms with Gasteiger partial charge in [-0.15, -0.1) is 0 Å². The van der Waals surface area contributed by atoms with Crippen LogP contribution in [0.5, 0.6) is 0 Å². The molecule has 88 valence electrons. The van der Waals surface area contributed by atoms with Crippen molar-refractivity contribution < 1.29 is 9.47 Å². The van der Waals surface area contributed by atoms with Gasteiger partial charge in [-0.2, -0.15) is 0 Å². The van der Waals surface area contributed by atoms with Crippen LogP contribution in [0, 0.1) is 0 Å². The van der Waals surface area contributed by atoms with Crippen LogP contribution in [0.1, 0.15) is 19.3 Å². The molecule has 0 aromatic rings. The molecule has 3 atom stereocenters. The smallest absolute Gasteiger partial charge is 0.0743 e. The van der Waals surface area contributed by atoms with Gasteiger partial charge >= 0.3 is 0 Å². The van der Waals surface area contributed by atoms with Gasteiger partial charge in [-0.05, 0) is 19.3 Å². The molecular formula is C11H22N2O2. The molecule has 2 N–H and O–H groups in total. The van der Waals surface area contributed by atoms with E-state index in [0.717, 1.165) is 32.5 Å². The summed E-state index contributed by atoms with van der Waals surface area (Å²) in [5.74, 6) is 0. The van der Waals surface area contributed by atoms with Crippen LogP contribution in [-0.2, 0) is 9.47 Å². The van der Waals surface area contributed by atoms with Crippen LogP contribution < -0.4 is 5.73 Å². The van der Waals surface area contributed by atoms with Gasteiger partial charge < -0.3 is 15.2 Å². The Bertz CT molecular complexity index is 195. The molecular weight excluding hydrogens is 192 g/mol. The fraction of sp³-hybridized carbons (Fsp3) is 1.00. The molecule has 2 heterocycles. The molecule has 2 aliphatic rings. The summed E-state index contributed by atoms with van der Waals surface area (Å²) in [5, 5.41) is 0. The van der Waals surface area contributed by atoms with E-state index in [1.165, 1.54) is 6.42 Å². The molecule has 0 aliphatic carbocycles. The minimum Gasteiger partial charge on any atom is -0.380 e. The molecule has 0 spiro atoms. The molecule has 2 saturated heterocycles. The molecule has 4 nitrogen and oxygen atoms in total. The van der Waals surface area contributed by atoms with Crippen LogP contribution in [0.25, 0.3) is 0 Å². The Kier molecular flexibility index (Phi) is 3.97. The van der Waals surface area contributed by atoms with E-state index in [1.54, 1.807) is 7.11 Å². The number of rotatable bonds is 4. The van der Waals surface area contributed by atoms with Crippen molar-refractivity contribution in [3.05, 3.63) is 0 Å². The first kappa shape index (κ1) is 11.3. The average molecular weight is 214 g/mol. The molecule has 2 aliphatic heterocycles. The quantitative estimate of drug-likeness (QED) is 0.727. The fourth-order valence-corrected chi connectivity index (χ4v) is 2.69. The number of methoxy groups -OCH3 is 1. The molecule has 2 fully saturated rings. The van der Waals surface area contributed by atoms with Gasteiger partial charge in [0.1, 0.15) is 0 Å². The van der Waals surface area contributed by atoms with Crippen LogP contribution >= 0.6 is 0 Å². The van der Waals surface area contributed by atoms with Gasteiger partial charge in [-0.25, -0.2) is 0 Å². The Morgan fingerprint density at radius 1 is 1.53 bits per heavy atom. The second-order valence-electron chi connectivity index (χ2n) is 4.50. The fourth-order valence-electron chi connectivity index (χ4n) is 2.69. The maximum absolute atomic E-state index is 5.86. The zero-order valence-corrected chi connectivity index (χ0v) is 9.52. The zero-order valence-electron chi connectivity index (χ0n) is 9.52. The summed E-state index contributed by atoms with van der Waals surface area (Å²) in [4.78, 5) is 2.43. The van der Waals surface area contributed by atoms with Gasteiger partial charge in [0.15, 0.2) is 0 Å². The lowest BCUT2D eigenvalue weighted by molar-refractivity contribution is 0.0277. The highest BCUT2D eigenvalue weighted by Gasteiger charge is 2.34. The van der Waals surface area contributed by atoms with Crippen molar-refractivity contribution in [2.45, 2.75) is 37.5 Å². The van der Waals surface area contributed by atoms with Crippen molar-refractivity contribution in [2.24, 2.45) is 5.73 Å². The van der Waals surface area contributed by atoms with Gasteiger partial charge in [-0.3, -0.25) is 4.90 Å². The van der Waals surface area contributed by atoms with Crippen LogP contribution in [0.15, 0.2) is 0 Å². The third-order valence-corrected chi connectivity index (χ3v) is 3.61. The highest BCUT2D eigenvalue weighted by molar-refractivity contribution is 4.88. The average Bonchev–Trinajstić information content (AvgIpc) is 2.89. The highest BCUT2D eigenvalue weighted by Crippen LogP contribution is 2.23.